The number of nitrogens with zero attached hydrogens (tertiary/aromatic N) is 4. The lowest BCUT2D eigenvalue weighted by Crippen LogP contribution is -2.27. The van der Waals surface area contributed by atoms with E-state index in [0.29, 0.717) is 22.2 Å². The third kappa shape index (κ3) is 3.27. The molecular formula is C20H16FN5O. The second-order valence-electron chi connectivity index (χ2n) is 6.13. The molecule has 0 aliphatic carbocycles. The molecule has 1 N–H and O–H groups in total. The van der Waals surface area contributed by atoms with Gasteiger partial charge in [0.25, 0.3) is 5.91 Å². The molecule has 7 heteroatoms. The highest BCUT2D eigenvalue weighted by Gasteiger charge is 2.17. The van der Waals surface area contributed by atoms with Crippen molar-refractivity contribution >= 4 is 16.8 Å². The molecule has 27 heavy (non-hydrogen) atoms. The van der Waals surface area contributed by atoms with Gasteiger partial charge in [-0.2, -0.15) is 5.10 Å². The number of rotatable bonds is 4. The minimum absolute atomic E-state index is 0.200. The zero-order valence-corrected chi connectivity index (χ0v) is 14.5. The first kappa shape index (κ1) is 16.8. The minimum Gasteiger partial charge on any atom is -0.345 e. The summed E-state index contributed by atoms with van der Waals surface area (Å²) in [4.78, 5) is 21.0. The summed E-state index contributed by atoms with van der Waals surface area (Å²) in [6.45, 7) is 1.89. The largest absolute Gasteiger partial charge is 0.345 e. The van der Waals surface area contributed by atoms with Crippen molar-refractivity contribution in [2.45, 2.75) is 13.0 Å². The van der Waals surface area contributed by atoms with Gasteiger partial charge in [-0.25, -0.2) is 9.07 Å². The zero-order chi connectivity index (χ0) is 18.8. The van der Waals surface area contributed by atoms with Crippen molar-refractivity contribution in [3.8, 4) is 5.69 Å². The summed E-state index contributed by atoms with van der Waals surface area (Å²) in [5.74, 6) is -0.569. The van der Waals surface area contributed by atoms with Crippen molar-refractivity contribution in [1.29, 1.82) is 0 Å². The SMILES string of the molecule is C[C@H](NC(=O)c1cncc2c1cnn2-c1ccc(F)cc1)c1cccnc1. The first-order valence-electron chi connectivity index (χ1n) is 8.42. The molecule has 3 aromatic heterocycles. The van der Waals surface area contributed by atoms with Gasteiger partial charge in [-0.05, 0) is 42.8 Å². The fourth-order valence-electron chi connectivity index (χ4n) is 2.90. The van der Waals surface area contributed by atoms with E-state index in [1.54, 1.807) is 41.6 Å². The molecule has 6 nitrogen and oxygen atoms in total. The van der Waals surface area contributed by atoms with E-state index in [2.05, 4.69) is 20.4 Å². The molecule has 134 valence electrons. The molecule has 4 aromatic rings. The molecule has 1 atom stereocenters. The Morgan fingerprint density at radius 2 is 1.89 bits per heavy atom. The van der Waals surface area contributed by atoms with Gasteiger partial charge in [-0.3, -0.25) is 14.8 Å². The molecule has 1 aromatic carbocycles. The average molecular weight is 361 g/mol. The highest BCUT2D eigenvalue weighted by Crippen LogP contribution is 2.22. The number of carbonyl (C=O) groups is 1. The Morgan fingerprint density at radius 1 is 1.07 bits per heavy atom. The molecule has 1 amide bonds. The number of halogens is 1. The predicted octanol–water partition coefficient (Wildman–Crippen LogP) is 3.45. The third-order valence-corrected chi connectivity index (χ3v) is 4.34. The van der Waals surface area contributed by atoms with Crippen LogP contribution in [-0.2, 0) is 0 Å². The zero-order valence-electron chi connectivity index (χ0n) is 14.5. The molecule has 0 aliphatic rings. The van der Waals surface area contributed by atoms with Gasteiger partial charge in [0, 0.05) is 24.0 Å². The highest BCUT2D eigenvalue weighted by molar-refractivity contribution is 6.06. The van der Waals surface area contributed by atoms with Crippen LogP contribution in [0.3, 0.4) is 0 Å². The van der Waals surface area contributed by atoms with Gasteiger partial charge >= 0.3 is 0 Å². The Morgan fingerprint density at radius 3 is 2.63 bits per heavy atom. The summed E-state index contributed by atoms with van der Waals surface area (Å²) in [5, 5.41) is 7.97. The van der Waals surface area contributed by atoms with E-state index < -0.39 is 0 Å². The van der Waals surface area contributed by atoms with Crippen LogP contribution in [0.15, 0.2) is 67.4 Å². The molecule has 0 saturated carbocycles. The Labute approximate surface area is 154 Å². The summed E-state index contributed by atoms with van der Waals surface area (Å²) in [6, 6.07) is 9.51. The number of hydrogen-bond donors (Lipinski definition) is 1. The molecule has 3 heterocycles. The van der Waals surface area contributed by atoms with Crippen molar-refractivity contribution in [3.05, 3.63) is 84.3 Å². The van der Waals surface area contributed by atoms with Crippen LogP contribution in [0.25, 0.3) is 16.6 Å². The molecule has 0 fully saturated rings. The Bertz CT molecular complexity index is 1090. The predicted molar refractivity (Wildman–Crippen MR) is 98.9 cm³/mol. The monoisotopic (exact) mass is 361 g/mol. The number of aromatic nitrogens is 4. The molecule has 0 radical (unpaired) electrons. The molecule has 0 unspecified atom stereocenters. The van der Waals surface area contributed by atoms with E-state index in [1.807, 2.05) is 19.1 Å². The van der Waals surface area contributed by atoms with E-state index in [4.69, 9.17) is 0 Å². The van der Waals surface area contributed by atoms with Crippen LogP contribution in [0, 0.1) is 5.82 Å². The van der Waals surface area contributed by atoms with Crippen LogP contribution in [0.4, 0.5) is 4.39 Å². The van der Waals surface area contributed by atoms with Crippen LogP contribution in [0.5, 0.6) is 0 Å². The Hall–Kier alpha value is -3.61. The molecule has 0 aliphatic heterocycles. The number of pyridine rings is 2. The second-order valence-corrected chi connectivity index (χ2v) is 6.13. The van der Waals surface area contributed by atoms with Crippen molar-refractivity contribution in [3.63, 3.8) is 0 Å². The van der Waals surface area contributed by atoms with Gasteiger partial charge in [-0.15, -0.1) is 0 Å². The normalized spacial score (nSPS) is 12.1. The standard InChI is InChI=1S/C20H16FN5O/c1-13(14-3-2-8-22-9-14)25-20(27)18-10-23-12-19-17(18)11-24-26(19)16-6-4-15(21)5-7-16/h2-13H,1H3,(H,25,27)/t13-/m0/s1. The quantitative estimate of drug-likeness (QED) is 0.604. The number of fused-ring (bicyclic) bond motifs is 1. The number of amides is 1. The van der Waals surface area contributed by atoms with Gasteiger partial charge in [0.05, 0.1) is 35.2 Å². The number of benzene rings is 1. The van der Waals surface area contributed by atoms with Gasteiger partial charge in [-0.1, -0.05) is 6.07 Å². The lowest BCUT2D eigenvalue weighted by molar-refractivity contribution is 0.0941. The lowest BCUT2D eigenvalue weighted by atomic mass is 10.1. The molecular weight excluding hydrogens is 345 g/mol. The molecule has 0 saturated heterocycles. The first-order chi connectivity index (χ1) is 13.1. The maximum absolute atomic E-state index is 13.2. The maximum Gasteiger partial charge on any atom is 0.254 e. The van der Waals surface area contributed by atoms with Gasteiger partial charge in [0.15, 0.2) is 0 Å². The van der Waals surface area contributed by atoms with Crippen LogP contribution >= 0.6 is 0 Å². The highest BCUT2D eigenvalue weighted by atomic mass is 19.1. The summed E-state index contributed by atoms with van der Waals surface area (Å²) in [6.07, 6.45) is 8.17. The van der Waals surface area contributed by atoms with Gasteiger partial charge < -0.3 is 5.32 Å². The van der Waals surface area contributed by atoms with E-state index >= 15 is 0 Å². The third-order valence-electron chi connectivity index (χ3n) is 4.34. The Balaban J connectivity index is 1.66. The van der Waals surface area contributed by atoms with E-state index in [9.17, 15) is 9.18 Å². The summed E-state index contributed by atoms with van der Waals surface area (Å²) >= 11 is 0. The Kier molecular flexibility index (Phi) is 4.33. The number of carbonyl (C=O) groups excluding carboxylic acids is 1. The fraction of sp³-hybridized carbons (Fsp3) is 0.100. The van der Waals surface area contributed by atoms with Crippen LogP contribution < -0.4 is 5.32 Å². The summed E-state index contributed by atoms with van der Waals surface area (Å²) < 4.78 is 14.8. The van der Waals surface area contributed by atoms with E-state index in [0.717, 1.165) is 5.56 Å². The topological polar surface area (TPSA) is 72.7 Å². The number of nitrogens with one attached hydrogen (secondary N) is 1. The molecule has 0 bridgehead atoms. The van der Waals surface area contributed by atoms with Crippen LogP contribution in [-0.4, -0.2) is 25.7 Å². The van der Waals surface area contributed by atoms with Crippen molar-refractivity contribution in [2.75, 3.05) is 0 Å². The number of hydrogen-bond acceptors (Lipinski definition) is 4. The smallest absolute Gasteiger partial charge is 0.254 e. The molecule has 0 spiro atoms. The van der Waals surface area contributed by atoms with Crippen molar-refractivity contribution in [2.24, 2.45) is 0 Å². The van der Waals surface area contributed by atoms with E-state index in [-0.39, 0.29) is 17.8 Å². The summed E-state index contributed by atoms with van der Waals surface area (Å²) in [5.41, 5.74) is 2.70. The van der Waals surface area contributed by atoms with Gasteiger partial charge in [0.2, 0.25) is 0 Å². The average Bonchev–Trinajstić information content (AvgIpc) is 3.13. The van der Waals surface area contributed by atoms with Crippen molar-refractivity contribution in [1.82, 2.24) is 25.1 Å². The minimum atomic E-state index is -0.321. The summed E-state index contributed by atoms with van der Waals surface area (Å²) in [7, 11) is 0. The fourth-order valence-corrected chi connectivity index (χ4v) is 2.90. The maximum atomic E-state index is 13.2. The van der Waals surface area contributed by atoms with Crippen molar-refractivity contribution < 1.29 is 9.18 Å². The van der Waals surface area contributed by atoms with E-state index in [1.165, 1.54) is 18.3 Å². The van der Waals surface area contributed by atoms with Crippen LogP contribution in [0.1, 0.15) is 28.9 Å². The molecule has 4 rings (SSSR count). The lowest BCUT2D eigenvalue weighted by Gasteiger charge is -2.14. The first-order valence-corrected chi connectivity index (χ1v) is 8.42. The van der Waals surface area contributed by atoms with Crippen LogP contribution in [0.2, 0.25) is 0 Å². The van der Waals surface area contributed by atoms with Gasteiger partial charge in [0.1, 0.15) is 5.82 Å². The second kappa shape index (κ2) is 6.95.